The third-order valence-electron chi connectivity index (χ3n) is 4.29. The van der Waals surface area contributed by atoms with E-state index in [1.807, 2.05) is 24.3 Å². The number of carboxylic acid groups (broad SMARTS) is 1. The van der Waals surface area contributed by atoms with Gasteiger partial charge in [0.15, 0.2) is 0 Å². The highest BCUT2D eigenvalue weighted by Gasteiger charge is 2.16. The van der Waals surface area contributed by atoms with E-state index in [2.05, 4.69) is 24.1 Å². The molecule has 1 heterocycles. The highest BCUT2D eigenvalue weighted by atomic mass is 19.1. The van der Waals surface area contributed by atoms with Crippen molar-refractivity contribution in [2.24, 2.45) is 0 Å². The van der Waals surface area contributed by atoms with Crippen molar-refractivity contribution in [1.29, 1.82) is 0 Å². The highest BCUT2D eigenvalue weighted by Crippen LogP contribution is 2.32. The number of aromatic amines is 1. The molecule has 0 unspecified atom stereocenters. The van der Waals surface area contributed by atoms with Crippen molar-refractivity contribution in [3.63, 3.8) is 0 Å². The summed E-state index contributed by atoms with van der Waals surface area (Å²) < 4.78 is 13.3. The van der Waals surface area contributed by atoms with Crippen LogP contribution in [0.2, 0.25) is 0 Å². The van der Waals surface area contributed by atoms with Crippen molar-refractivity contribution < 1.29 is 14.3 Å². The standard InChI is InChI=1S/C21H22FN3O2/c1-13(2)20-24-18(15-6-8-17(22)9-7-15)19(25-20)16-5-3-4-14(12-16)10-11-23-21(26)27/h3-9,12-13,23H,10-11H2,1-2H3,(H,24,25)(H,26,27). The molecule has 3 aromatic rings. The first kappa shape index (κ1) is 18.6. The Morgan fingerprint density at radius 3 is 2.59 bits per heavy atom. The number of aromatic nitrogens is 2. The quantitative estimate of drug-likeness (QED) is 0.585. The molecule has 0 bridgehead atoms. The molecule has 0 radical (unpaired) electrons. The Kier molecular flexibility index (Phi) is 5.54. The Morgan fingerprint density at radius 1 is 1.19 bits per heavy atom. The average Bonchev–Trinajstić information content (AvgIpc) is 3.08. The lowest BCUT2D eigenvalue weighted by atomic mass is 10.0. The van der Waals surface area contributed by atoms with Crippen LogP contribution < -0.4 is 5.32 Å². The van der Waals surface area contributed by atoms with E-state index >= 15 is 0 Å². The first-order chi connectivity index (χ1) is 12.9. The molecular weight excluding hydrogens is 345 g/mol. The van der Waals surface area contributed by atoms with Crippen molar-refractivity contribution in [2.75, 3.05) is 6.54 Å². The summed E-state index contributed by atoms with van der Waals surface area (Å²) in [6.07, 6.45) is -0.438. The first-order valence-electron chi connectivity index (χ1n) is 8.86. The van der Waals surface area contributed by atoms with Gasteiger partial charge < -0.3 is 15.4 Å². The molecule has 0 aliphatic rings. The van der Waals surface area contributed by atoms with Gasteiger partial charge >= 0.3 is 6.09 Å². The van der Waals surface area contributed by atoms with E-state index in [0.29, 0.717) is 13.0 Å². The molecule has 0 saturated heterocycles. The van der Waals surface area contributed by atoms with Gasteiger partial charge in [-0.05, 0) is 42.3 Å². The lowest BCUT2D eigenvalue weighted by Gasteiger charge is -2.06. The van der Waals surface area contributed by atoms with Crippen LogP contribution in [0.4, 0.5) is 9.18 Å². The number of amides is 1. The van der Waals surface area contributed by atoms with Crippen LogP contribution in [0, 0.1) is 5.82 Å². The zero-order valence-corrected chi connectivity index (χ0v) is 15.3. The molecule has 0 aliphatic heterocycles. The van der Waals surface area contributed by atoms with Gasteiger partial charge in [0.1, 0.15) is 11.6 Å². The molecule has 0 spiro atoms. The van der Waals surface area contributed by atoms with Crippen LogP contribution >= 0.6 is 0 Å². The molecule has 0 fully saturated rings. The number of imidazole rings is 1. The van der Waals surface area contributed by atoms with Gasteiger partial charge in [0.2, 0.25) is 0 Å². The lowest BCUT2D eigenvalue weighted by molar-refractivity contribution is 0.194. The first-order valence-corrected chi connectivity index (χ1v) is 8.86. The second-order valence-corrected chi connectivity index (χ2v) is 6.69. The third kappa shape index (κ3) is 4.53. The predicted octanol–water partition coefficient (Wildman–Crippen LogP) is 4.82. The predicted molar refractivity (Wildman–Crippen MR) is 103 cm³/mol. The number of benzene rings is 2. The summed E-state index contributed by atoms with van der Waals surface area (Å²) in [6, 6.07) is 14.2. The Hall–Kier alpha value is -3.15. The number of hydrogen-bond donors (Lipinski definition) is 3. The van der Waals surface area contributed by atoms with Crippen LogP contribution in [0.3, 0.4) is 0 Å². The van der Waals surface area contributed by atoms with Crippen molar-refractivity contribution in [3.8, 4) is 22.5 Å². The Morgan fingerprint density at radius 2 is 1.93 bits per heavy atom. The minimum atomic E-state index is -1.03. The maximum Gasteiger partial charge on any atom is 0.404 e. The molecule has 0 aliphatic carbocycles. The van der Waals surface area contributed by atoms with Gasteiger partial charge in [-0.2, -0.15) is 0 Å². The zero-order chi connectivity index (χ0) is 19.4. The second-order valence-electron chi connectivity index (χ2n) is 6.69. The normalized spacial score (nSPS) is 11.0. The molecule has 1 aromatic heterocycles. The van der Waals surface area contributed by atoms with Crippen LogP contribution in [0.1, 0.15) is 31.2 Å². The van der Waals surface area contributed by atoms with E-state index in [-0.39, 0.29) is 11.7 Å². The Balaban J connectivity index is 1.98. The average molecular weight is 367 g/mol. The summed E-state index contributed by atoms with van der Waals surface area (Å²) >= 11 is 0. The third-order valence-corrected chi connectivity index (χ3v) is 4.29. The van der Waals surface area contributed by atoms with Gasteiger partial charge in [-0.1, -0.05) is 32.0 Å². The number of rotatable bonds is 6. The summed E-state index contributed by atoms with van der Waals surface area (Å²) in [5.74, 6) is 0.806. The molecule has 0 saturated carbocycles. The molecule has 27 heavy (non-hydrogen) atoms. The summed E-state index contributed by atoms with van der Waals surface area (Å²) in [6.45, 7) is 4.47. The number of hydrogen-bond acceptors (Lipinski definition) is 2. The number of nitrogens with zero attached hydrogens (tertiary/aromatic N) is 1. The fourth-order valence-corrected chi connectivity index (χ4v) is 2.89. The van der Waals surface area contributed by atoms with Crippen molar-refractivity contribution >= 4 is 6.09 Å². The minimum absolute atomic E-state index is 0.223. The van der Waals surface area contributed by atoms with Crippen molar-refractivity contribution in [2.45, 2.75) is 26.2 Å². The van der Waals surface area contributed by atoms with Crippen LogP contribution in [0.15, 0.2) is 48.5 Å². The van der Waals surface area contributed by atoms with Gasteiger partial charge in [0, 0.05) is 23.6 Å². The number of H-pyrrole nitrogens is 1. The van der Waals surface area contributed by atoms with Crippen LogP contribution in [0.25, 0.3) is 22.5 Å². The van der Waals surface area contributed by atoms with E-state index in [0.717, 1.165) is 33.9 Å². The topological polar surface area (TPSA) is 78.0 Å². The summed E-state index contributed by atoms with van der Waals surface area (Å²) in [7, 11) is 0. The van der Waals surface area contributed by atoms with Crippen LogP contribution in [-0.4, -0.2) is 27.7 Å². The number of carbonyl (C=O) groups is 1. The SMILES string of the molecule is CC(C)c1nc(-c2cccc(CCNC(=O)O)c2)c(-c2ccc(F)cc2)[nH]1. The largest absolute Gasteiger partial charge is 0.465 e. The van der Waals surface area contributed by atoms with Gasteiger partial charge in [-0.3, -0.25) is 0 Å². The van der Waals surface area contributed by atoms with Crippen LogP contribution in [0.5, 0.6) is 0 Å². The summed E-state index contributed by atoms with van der Waals surface area (Å²) in [5.41, 5.74) is 4.47. The monoisotopic (exact) mass is 367 g/mol. The molecule has 1 amide bonds. The van der Waals surface area contributed by atoms with Gasteiger partial charge in [0.05, 0.1) is 11.4 Å². The smallest absolute Gasteiger partial charge is 0.404 e. The Labute approximate surface area is 157 Å². The number of nitrogens with one attached hydrogen (secondary N) is 2. The molecule has 6 heteroatoms. The number of halogens is 1. The summed E-state index contributed by atoms with van der Waals surface area (Å²) in [4.78, 5) is 18.8. The van der Waals surface area contributed by atoms with Gasteiger partial charge in [-0.25, -0.2) is 14.2 Å². The maximum absolute atomic E-state index is 13.3. The van der Waals surface area contributed by atoms with E-state index in [1.165, 1.54) is 12.1 Å². The minimum Gasteiger partial charge on any atom is -0.465 e. The zero-order valence-electron chi connectivity index (χ0n) is 15.3. The second kappa shape index (κ2) is 8.03. The molecular formula is C21H22FN3O2. The van der Waals surface area contributed by atoms with E-state index < -0.39 is 6.09 Å². The maximum atomic E-state index is 13.3. The molecule has 5 nitrogen and oxygen atoms in total. The molecule has 3 rings (SSSR count). The van der Waals surface area contributed by atoms with E-state index in [9.17, 15) is 9.18 Å². The molecule has 0 atom stereocenters. The highest BCUT2D eigenvalue weighted by molar-refractivity contribution is 5.78. The molecule has 140 valence electrons. The van der Waals surface area contributed by atoms with Crippen molar-refractivity contribution in [1.82, 2.24) is 15.3 Å². The van der Waals surface area contributed by atoms with Gasteiger partial charge in [-0.15, -0.1) is 0 Å². The van der Waals surface area contributed by atoms with Crippen LogP contribution in [-0.2, 0) is 6.42 Å². The van der Waals surface area contributed by atoms with E-state index in [1.54, 1.807) is 12.1 Å². The molecule has 3 N–H and O–H groups in total. The molecule has 2 aromatic carbocycles. The van der Waals surface area contributed by atoms with E-state index in [4.69, 9.17) is 10.1 Å². The Bertz CT molecular complexity index is 933. The fraction of sp³-hybridized carbons (Fsp3) is 0.238. The lowest BCUT2D eigenvalue weighted by Crippen LogP contribution is -2.23. The van der Waals surface area contributed by atoms with Crippen molar-refractivity contribution in [3.05, 3.63) is 65.7 Å². The summed E-state index contributed by atoms with van der Waals surface area (Å²) in [5, 5.41) is 11.1. The van der Waals surface area contributed by atoms with Gasteiger partial charge in [0.25, 0.3) is 0 Å². The fourth-order valence-electron chi connectivity index (χ4n) is 2.89.